The Balaban J connectivity index is 2.17. The van der Waals surface area contributed by atoms with Gasteiger partial charge in [0.05, 0.1) is 6.61 Å². The van der Waals surface area contributed by atoms with Gasteiger partial charge in [-0.3, -0.25) is 0 Å². The number of aromatic nitrogens is 2. The molecule has 0 atom stereocenters. The number of rotatable bonds is 5. The van der Waals surface area contributed by atoms with E-state index in [-0.39, 0.29) is 0 Å². The molecule has 19 heavy (non-hydrogen) atoms. The van der Waals surface area contributed by atoms with Crippen molar-refractivity contribution in [2.75, 3.05) is 50.2 Å². The van der Waals surface area contributed by atoms with Gasteiger partial charge in [0.15, 0.2) is 5.82 Å². The van der Waals surface area contributed by atoms with Crippen molar-refractivity contribution >= 4 is 11.6 Å². The molecule has 0 amide bonds. The summed E-state index contributed by atoms with van der Waals surface area (Å²) in [4.78, 5) is 11.2. The normalized spacial score (nSPS) is 16.2. The maximum Gasteiger partial charge on any atom is 0.158 e. The number of hydrogen-bond acceptors (Lipinski definition) is 6. The lowest BCUT2D eigenvalue weighted by Gasteiger charge is -2.21. The van der Waals surface area contributed by atoms with Crippen molar-refractivity contribution in [1.29, 1.82) is 0 Å². The first-order chi connectivity index (χ1) is 9.33. The van der Waals surface area contributed by atoms with Crippen molar-refractivity contribution < 1.29 is 9.47 Å². The molecule has 0 saturated carbocycles. The lowest BCUT2D eigenvalue weighted by Crippen LogP contribution is -2.27. The molecule has 6 heteroatoms. The Kier molecular flexibility index (Phi) is 5.35. The number of hydrogen-bond donors (Lipinski definition) is 1. The average molecular weight is 266 g/mol. The number of ether oxygens (including phenoxy) is 2. The average Bonchev–Trinajstić information content (AvgIpc) is 2.73. The zero-order chi connectivity index (χ0) is 13.5. The van der Waals surface area contributed by atoms with E-state index in [1.807, 2.05) is 20.0 Å². The van der Waals surface area contributed by atoms with E-state index in [4.69, 9.17) is 9.47 Å². The number of nitrogens with zero attached hydrogens (tertiary/aromatic N) is 3. The summed E-state index contributed by atoms with van der Waals surface area (Å²) in [5.41, 5.74) is 0. The van der Waals surface area contributed by atoms with Crippen molar-refractivity contribution in [2.45, 2.75) is 20.0 Å². The van der Waals surface area contributed by atoms with Crippen LogP contribution in [-0.2, 0) is 16.1 Å². The van der Waals surface area contributed by atoms with E-state index >= 15 is 0 Å². The highest BCUT2D eigenvalue weighted by atomic mass is 16.5. The Morgan fingerprint density at radius 3 is 3.05 bits per heavy atom. The number of anilines is 2. The van der Waals surface area contributed by atoms with Crippen LogP contribution in [0.2, 0.25) is 0 Å². The Morgan fingerprint density at radius 2 is 2.26 bits per heavy atom. The molecule has 6 nitrogen and oxygen atoms in total. The zero-order valence-corrected chi connectivity index (χ0v) is 11.7. The summed E-state index contributed by atoms with van der Waals surface area (Å²) in [7, 11) is 1.86. The van der Waals surface area contributed by atoms with Gasteiger partial charge in [-0.15, -0.1) is 0 Å². The van der Waals surface area contributed by atoms with Crippen LogP contribution in [0.15, 0.2) is 6.07 Å². The molecule has 1 aromatic rings. The summed E-state index contributed by atoms with van der Waals surface area (Å²) >= 11 is 0. The summed E-state index contributed by atoms with van der Waals surface area (Å²) in [5.74, 6) is 2.48. The summed E-state index contributed by atoms with van der Waals surface area (Å²) < 4.78 is 10.9. The molecule has 0 aliphatic carbocycles. The second kappa shape index (κ2) is 7.25. The summed E-state index contributed by atoms with van der Waals surface area (Å²) in [6, 6.07) is 1.97. The Hall–Kier alpha value is -1.40. The molecule has 1 saturated heterocycles. The first-order valence-corrected chi connectivity index (χ1v) is 6.79. The summed E-state index contributed by atoms with van der Waals surface area (Å²) in [5, 5.41) is 3.07. The second-order valence-corrected chi connectivity index (χ2v) is 4.37. The van der Waals surface area contributed by atoms with Gasteiger partial charge >= 0.3 is 0 Å². The third-order valence-electron chi connectivity index (χ3n) is 3.00. The minimum absolute atomic E-state index is 0.448. The molecule has 2 heterocycles. The fraction of sp³-hybridized carbons (Fsp3) is 0.692. The molecule has 1 aromatic heterocycles. The highest BCUT2D eigenvalue weighted by Crippen LogP contribution is 2.17. The summed E-state index contributed by atoms with van der Waals surface area (Å²) in [6.07, 6.45) is 1.03. The van der Waals surface area contributed by atoms with Crippen LogP contribution in [0.3, 0.4) is 0 Å². The van der Waals surface area contributed by atoms with Crippen molar-refractivity contribution in [3.63, 3.8) is 0 Å². The SMILES string of the molecule is CCOCc1nc(NC)cc(N2CCCOCC2)n1. The topological polar surface area (TPSA) is 59.5 Å². The van der Waals surface area contributed by atoms with Crippen LogP contribution >= 0.6 is 0 Å². The molecule has 0 spiro atoms. The highest BCUT2D eigenvalue weighted by molar-refractivity contribution is 5.49. The third-order valence-corrected chi connectivity index (χ3v) is 3.00. The molecule has 0 radical (unpaired) electrons. The van der Waals surface area contributed by atoms with Gasteiger partial charge in [-0.25, -0.2) is 9.97 Å². The maximum absolute atomic E-state index is 5.47. The minimum Gasteiger partial charge on any atom is -0.380 e. The van der Waals surface area contributed by atoms with Crippen LogP contribution in [0.5, 0.6) is 0 Å². The van der Waals surface area contributed by atoms with Crippen molar-refractivity contribution in [1.82, 2.24) is 9.97 Å². The lowest BCUT2D eigenvalue weighted by atomic mass is 10.3. The standard InChI is InChI=1S/C13H22N4O2/c1-3-18-10-12-15-11(14-2)9-13(16-12)17-5-4-7-19-8-6-17/h9H,3-8,10H2,1-2H3,(H,14,15,16). The van der Waals surface area contributed by atoms with Crippen LogP contribution < -0.4 is 10.2 Å². The molecule has 1 aliphatic heterocycles. The fourth-order valence-electron chi connectivity index (χ4n) is 2.01. The molecule has 0 bridgehead atoms. The fourth-order valence-corrected chi connectivity index (χ4v) is 2.01. The smallest absolute Gasteiger partial charge is 0.158 e. The Bertz CT molecular complexity index is 392. The Morgan fingerprint density at radius 1 is 1.37 bits per heavy atom. The van der Waals surface area contributed by atoms with Crippen LogP contribution in [0.1, 0.15) is 19.2 Å². The second-order valence-electron chi connectivity index (χ2n) is 4.37. The molecule has 1 N–H and O–H groups in total. The van der Waals surface area contributed by atoms with Gasteiger partial charge in [0, 0.05) is 39.4 Å². The van der Waals surface area contributed by atoms with E-state index in [9.17, 15) is 0 Å². The largest absolute Gasteiger partial charge is 0.380 e. The molecule has 0 unspecified atom stereocenters. The molecule has 106 valence electrons. The maximum atomic E-state index is 5.47. The van der Waals surface area contributed by atoms with Crippen molar-refractivity contribution in [3.8, 4) is 0 Å². The van der Waals surface area contributed by atoms with Crippen LogP contribution in [0.4, 0.5) is 11.6 Å². The molecule has 0 aromatic carbocycles. The van der Waals surface area contributed by atoms with Gasteiger partial charge in [-0.1, -0.05) is 0 Å². The minimum atomic E-state index is 0.448. The van der Waals surface area contributed by atoms with Gasteiger partial charge in [-0.05, 0) is 13.3 Å². The quantitative estimate of drug-likeness (QED) is 0.866. The number of nitrogens with one attached hydrogen (secondary N) is 1. The van der Waals surface area contributed by atoms with E-state index in [2.05, 4.69) is 20.2 Å². The van der Waals surface area contributed by atoms with Gasteiger partial charge < -0.3 is 19.7 Å². The predicted octanol–water partition coefficient (Wildman–Crippen LogP) is 1.28. The van der Waals surface area contributed by atoms with Gasteiger partial charge in [0.2, 0.25) is 0 Å². The molecule has 1 aliphatic rings. The van der Waals surface area contributed by atoms with Gasteiger partial charge in [0.25, 0.3) is 0 Å². The highest BCUT2D eigenvalue weighted by Gasteiger charge is 2.13. The zero-order valence-electron chi connectivity index (χ0n) is 11.7. The Labute approximate surface area is 114 Å². The molecular formula is C13H22N4O2. The molecule has 1 fully saturated rings. The third kappa shape index (κ3) is 4.04. The van der Waals surface area contributed by atoms with Gasteiger partial charge in [0.1, 0.15) is 18.2 Å². The van der Waals surface area contributed by atoms with E-state index in [1.165, 1.54) is 0 Å². The summed E-state index contributed by atoms with van der Waals surface area (Å²) in [6.45, 7) is 6.49. The molecular weight excluding hydrogens is 244 g/mol. The predicted molar refractivity (Wildman–Crippen MR) is 74.6 cm³/mol. The monoisotopic (exact) mass is 266 g/mol. The van der Waals surface area contributed by atoms with Crippen LogP contribution in [-0.4, -0.2) is 49.9 Å². The van der Waals surface area contributed by atoms with E-state index in [0.717, 1.165) is 44.4 Å². The van der Waals surface area contributed by atoms with Gasteiger partial charge in [-0.2, -0.15) is 0 Å². The first kappa shape index (κ1) is 14.0. The van der Waals surface area contributed by atoms with Crippen molar-refractivity contribution in [3.05, 3.63) is 11.9 Å². The lowest BCUT2D eigenvalue weighted by molar-refractivity contribution is 0.128. The van der Waals surface area contributed by atoms with Crippen LogP contribution in [0, 0.1) is 0 Å². The van der Waals surface area contributed by atoms with Crippen LogP contribution in [0.25, 0.3) is 0 Å². The van der Waals surface area contributed by atoms with Crippen molar-refractivity contribution in [2.24, 2.45) is 0 Å². The molecule has 2 rings (SSSR count). The van der Waals surface area contributed by atoms with E-state index in [1.54, 1.807) is 0 Å². The van der Waals surface area contributed by atoms with E-state index in [0.29, 0.717) is 19.0 Å². The first-order valence-electron chi connectivity index (χ1n) is 6.79. The van der Waals surface area contributed by atoms with E-state index < -0.39 is 0 Å².